The van der Waals surface area contributed by atoms with Crippen molar-refractivity contribution >= 4 is 40.8 Å². The molecule has 10 nitrogen and oxygen atoms in total. The van der Waals surface area contributed by atoms with E-state index in [4.69, 9.17) is 5.73 Å². The summed E-state index contributed by atoms with van der Waals surface area (Å²) in [6.45, 7) is -1.37. The number of nitrogens with zero attached hydrogens (tertiary/aromatic N) is 8. The number of halogens is 4. The molecule has 6 rings (SSSR count). The fourth-order valence-electron chi connectivity index (χ4n) is 4.66. The average Bonchev–Trinajstić information content (AvgIpc) is 3.44. The third kappa shape index (κ3) is 5.51. The van der Waals surface area contributed by atoms with Gasteiger partial charge in [0.1, 0.15) is 17.5 Å². The molecule has 14 heteroatoms. The van der Waals surface area contributed by atoms with E-state index in [2.05, 4.69) is 40.2 Å². The minimum atomic E-state index is -2.74. The van der Waals surface area contributed by atoms with Gasteiger partial charge in [-0.15, -0.1) is 12.4 Å². The Morgan fingerprint density at radius 1 is 0.950 bits per heavy atom. The van der Waals surface area contributed by atoms with E-state index in [1.165, 1.54) is 37.1 Å². The minimum Gasteiger partial charge on any atom is -0.369 e. The van der Waals surface area contributed by atoms with Gasteiger partial charge in [-0.05, 0) is 25.0 Å². The van der Waals surface area contributed by atoms with E-state index in [0.29, 0.717) is 45.0 Å². The van der Waals surface area contributed by atoms with Gasteiger partial charge in [-0.25, -0.2) is 24.0 Å². The summed E-state index contributed by atoms with van der Waals surface area (Å²) in [7, 11) is 0. The quantitative estimate of drug-likeness (QED) is 0.292. The maximum atomic E-state index is 14.9. The number of piperidine rings is 1. The number of nitrogens with one attached hydrogen (secondary N) is 1. The Morgan fingerprint density at radius 3 is 2.50 bits per heavy atom. The highest BCUT2D eigenvalue weighted by Gasteiger charge is 2.22. The lowest BCUT2D eigenvalue weighted by molar-refractivity contribution is 0.0566. The van der Waals surface area contributed by atoms with E-state index in [0.717, 1.165) is 25.1 Å². The molecule has 5 heterocycles. The summed E-state index contributed by atoms with van der Waals surface area (Å²) in [5.74, 6) is 0.508. The van der Waals surface area contributed by atoms with Crippen LogP contribution >= 0.6 is 12.4 Å². The summed E-state index contributed by atoms with van der Waals surface area (Å²) in [6.07, 6.45) is 10.6. The molecule has 3 N–H and O–H groups in total. The molecule has 1 saturated heterocycles. The number of benzene rings is 1. The number of rotatable bonds is 6. The van der Waals surface area contributed by atoms with Crippen LogP contribution in [0.3, 0.4) is 0 Å². The van der Waals surface area contributed by atoms with Crippen molar-refractivity contribution in [2.75, 3.05) is 23.3 Å². The second-order valence-electron chi connectivity index (χ2n) is 9.19. The van der Waals surface area contributed by atoms with Crippen LogP contribution in [-0.4, -0.2) is 53.8 Å². The Morgan fingerprint density at radius 2 is 1.75 bits per heavy atom. The maximum Gasteiger partial charge on any atom is 0.333 e. The number of anilines is 3. The first kappa shape index (κ1) is 27.2. The van der Waals surface area contributed by atoms with E-state index in [1.807, 2.05) is 6.07 Å². The highest BCUT2D eigenvalue weighted by molar-refractivity contribution is 5.85. The lowest BCUT2D eigenvalue weighted by atomic mass is 10.0. The number of hydrogen-bond donors (Lipinski definition) is 2. The highest BCUT2D eigenvalue weighted by atomic mass is 35.5. The van der Waals surface area contributed by atoms with Gasteiger partial charge in [-0.3, -0.25) is 9.97 Å². The summed E-state index contributed by atoms with van der Waals surface area (Å²) in [4.78, 5) is 23.7. The van der Waals surface area contributed by atoms with Crippen LogP contribution in [0.1, 0.15) is 19.4 Å². The van der Waals surface area contributed by atoms with Crippen LogP contribution in [0.15, 0.2) is 61.4 Å². The van der Waals surface area contributed by atoms with Crippen molar-refractivity contribution in [2.45, 2.75) is 25.4 Å². The summed E-state index contributed by atoms with van der Waals surface area (Å²) in [5.41, 5.74) is 9.33. The largest absolute Gasteiger partial charge is 0.369 e. The first-order valence-corrected chi connectivity index (χ1v) is 12.3. The average molecular weight is 569 g/mol. The van der Waals surface area contributed by atoms with E-state index in [1.54, 1.807) is 18.3 Å². The number of alkyl halides is 2. The van der Waals surface area contributed by atoms with Crippen molar-refractivity contribution in [2.24, 2.45) is 5.73 Å². The SMILES string of the molecule is Cl.N[C@H]1CCCN(c2cc(Nc3ccnc(-c4cc5nccnc5cc4F)n3)ncc2-c2cnn(C(F)F)c2)C1. The maximum absolute atomic E-state index is 14.9. The Kier molecular flexibility index (Phi) is 7.76. The third-order valence-corrected chi connectivity index (χ3v) is 6.50. The zero-order chi connectivity index (χ0) is 26.9. The van der Waals surface area contributed by atoms with Crippen LogP contribution in [0.4, 0.5) is 30.5 Å². The van der Waals surface area contributed by atoms with Crippen molar-refractivity contribution in [1.82, 2.24) is 34.7 Å². The standard InChI is InChI=1S/C26H23F3N10.ClH/c27-19-9-21-20(31-5-6-32-21)8-17(19)25-33-4-3-23(37-25)36-24-10-22(38-7-1-2-16(30)14-38)18(12-34-24)15-11-35-39(13-15)26(28)29;/h3-6,8-13,16,26H,1-2,7,14,30H2,(H,33,34,36,37);1H/t16-;/m0./s1. The fraction of sp³-hybridized carbons (Fsp3) is 0.231. The predicted octanol–water partition coefficient (Wildman–Crippen LogP) is 4.97. The molecule has 0 spiro atoms. The Bertz CT molecular complexity index is 1650. The van der Waals surface area contributed by atoms with Crippen LogP contribution in [-0.2, 0) is 0 Å². The number of aromatic nitrogens is 7. The molecular formula is C26H24ClF3N10. The molecule has 1 atom stereocenters. The van der Waals surface area contributed by atoms with Gasteiger partial charge in [-0.1, -0.05) is 0 Å². The first-order chi connectivity index (χ1) is 18.9. The smallest absolute Gasteiger partial charge is 0.333 e. The van der Waals surface area contributed by atoms with Gasteiger partial charge in [0.2, 0.25) is 0 Å². The zero-order valence-electron chi connectivity index (χ0n) is 21.0. The molecule has 1 aliphatic heterocycles. The Balaban J connectivity index is 0.00000323. The van der Waals surface area contributed by atoms with Gasteiger partial charge in [0, 0.05) is 79.1 Å². The molecule has 4 aromatic heterocycles. The molecule has 0 amide bonds. The molecule has 0 saturated carbocycles. The predicted molar refractivity (Wildman–Crippen MR) is 147 cm³/mol. The molecule has 1 aromatic carbocycles. The van der Waals surface area contributed by atoms with E-state index in [-0.39, 0.29) is 29.8 Å². The zero-order valence-corrected chi connectivity index (χ0v) is 21.8. The summed E-state index contributed by atoms with van der Waals surface area (Å²) in [5, 5.41) is 6.92. The minimum absolute atomic E-state index is 0. The van der Waals surface area contributed by atoms with Crippen LogP contribution in [0.5, 0.6) is 0 Å². The second kappa shape index (κ2) is 11.4. The number of fused-ring (bicyclic) bond motifs is 1. The lowest BCUT2D eigenvalue weighted by Gasteiger charge is -2.34. The van der Waals surface area contributed by atoms with Gasteiger partial charge in [-0.2, -0.15) is 13.9 Å². The lowest BCUT2D eigenvalue weighted by Crippen LogP contribution is -2.43. The monoisotopic (exact) mass is 568 g/mol. The van der Waals surface area contributed by atoms with Gasteiger partial charge in [0.25, 0.3) is 0 Å². The summed E-state index contributed by atoms with van der Waals surface area (Å²) >= 11 is 0. The van der Waals surface area contributed by atoms with Gasteiger partial charge >= 0.3 is 6.55 Å². The van der Waals surface area contributed by atoms with Crippen molar-refractivity contribution in [3.05, 3.63) is 67.3 Å². The fourth-order valence-corrected chi connectivity index (χ4v) is 4.66. The Hall–Kier alpha value is -4.36. The van der Waals surface area contributed by atoms with Gasteiger partial charge < -0.3 is 16.0 Å². The second-order valence-corrected chi connectivity index (χ2v) is 9.19. The molecule has 1 fully saturated rings. The third-order valence-electron chi connectivity index (χ3n) is 6.50. The number of nitrogens with two attached hydrogens (primary N) is 1. The van der Waals surface area contributed by atoms with Crippen LogP contribution in [0.25, 0.3) is 33.5 Å². The van der Waals surface area contributed by atoms with E-state index >= 15 is 0 Å². The van der Waals surface area contributed by atoms with E-state index < -0.39 is 12.4 Å². The van der Waals surface area contributed by atoms with Crippen LogP contribution in [0, 0.1) is 5.82 Å². The first-order valence-electron chi connectivity index (χ1n) is 12.3. The molecule has 40 heavy (non-hydrogen) atoms. The van der Waals surface area contributed by atoms with Crippen molar-refractivity contribution in [1.29, 1.82) is 0 Å². The van der Waals surface area contributed by atoms with Crippen molar-refractivity contribution < 1.29 is 13.2 Å². The molecule has 206 valence electrons. The number of pyridine rings is 1. The highest BCUT2D eigenvalue weighted by Crippen LogP contribution is 2.35. The number of hydrogen-bond acceptors (Lipinski definition) is 9. The van der Waals surface area contributed by atoms with Crippen molar-refractivity contribution in [3.8, 4) is 22.5 Å². The van der Waals surface area contributed by atoms with Crippen LogP contribution in [0.2, 0.25) is 0 Å². The summed E-state index contributed by atoms with van der Waals surface area (Å²) in [6, 6.07) is 6.31. The molecule has 0 bridgehead atoms. The van der Waals surface area contributed by atoms with E-state index in [9.17, 15) is 13.2 Å². The molecule has 0 unspecified atom stereocenters. The summed E-state index contributed by atoms with van der Waals surface area (Å²) < 4.78 is 41.8. The molecule has 0 radical (unpaired) electrons. The molecule has 0 aliphatic carbocycles. The topological polar surface area (TPSA) is 124 Å². The molecular weight excluding hydrogens is 545 g/mol. The van der Waals surface area contributed by atoms with Crippen LogP contribution < -0.4 is 16.0 Å². The van der Waals surface area contributed by atoms with Crippen molar-refractivity contribution in [3.63, 3.8) is 0 Å². The van der Waals surface area contributed by atoms with Gasteiger partial charge in [0.15, 0.2) is 5.82 Å². The molecule has 1 aliphatic rings. The normalized spacial score (nSPS) is 15.3. The molecule has 5 aromatic rings. The van der Waals surface area contributed by atoms with Gasteiger partial charge in [0.05, 0.1) is 22.8 Å². The Labute approximate surface area is 232 Å².